The predicted molar refractivity (Wildman–Crippen MR) is 66.3 cm³/mol. The Labute approximate surface area is 105 Å². The van der Waals surface area contributed by atoms with Crippen LogP contribution in [0.1, 0.15) is 11.1 Å². The second kappa shape index (κ2) is 4.05. The van der Waals surface area contributed by atoms with Crippen LogP contribution in [-0.4, -0.2) is 36.9 Å². The average Bonchev–Trinajstić information content (AvgIpc) is 2.66. The summed E-state index contributed by atoms with van der Waals surface area (Å²) >= 11 is 0. The Hall–Kier alpha value is -1.43. The molecular formula is C13H16N2O3. The van der Waals surface area contributed by atoms with Gasteiger partial charge in [-0.15, -0.1) is 0 Å². The number of hydrogen-bond donors (Lipinski definition) is 3. The maximum absolute atomic E-state index is 11.3. The quantitative estimate of drug-likeness (QED) is 0.690. The van der Waals surface area contributed by atoms with Gasteiger partial charge in [-0.1, -0.05) is 12.1 Å². The van der Waals surface area contributed by atoms with Crippen molar-refractivity contribution in [2.75, 3.05) is 25.1 Å². The summed E-state index contributed by atoms with van der Waals surface area (Å²) in [6.07, 6.45) is 0.411. The first-order valence-corrected chi connectivity index (χ1v) is 6.03. The molecule has 96 valence electrons. The van der Waals surface area contributed by atoms with Crippen LogP contribution in [0, 0.1) is 0 Å². The SMILES string of the molecule is NC(CO)C1(c2ccc3c(c2)CC(=O)N3)COC1. The molecular weight excluding hydrogens is 232 g/mol. The van der Waals surface area contributed by atoms with Crippen molar-refractivity contribution in [2.24, 2.45) is 5.73 Å². The molecule has 0 bridgehead atoms. The molecule has 1 unspecified atom stereocenters. The number of aliphatic hydroxyl groups excluding tert-OH is 1. The smallest absolute Gasteiger partial charge is 0.228 e. The molecule has 5 nitrogen and oxygen atoms in total. The van der Waals surface area contributed by atoms with Gasteiger partial charge in [0.25, 0.3) is 0 Å². The van der Waals surface area contributed by atoms with Gasteiger partial charge in [0.05, 0.1) is 31.7 Å². The number of aliphatic hydroxyl groups is 1. The Morgan fingerprint density at radius 2 is 2.28 bits per heavy atom. The highest BCUT2D eigenvalue weighted by atomic mass is 16.5. The number of anilines is 1. The predicted octanol–water partition coefficient (Wildman–Crippen LogP) is -0.231. The fourth-order valence-corrected chi connectivity index (χ4v) is 2.63. The summed E-state index contributed by atoms with van der Waals surface area (Å²) in [5.41, 5.74) is 8.61. The van der Waals surface area contributed by atoms with E-state index < -0.39 is 0 Å². The summed E-state index contributed by atoms with van der Waals surface area (Å²) in [7, 11) is 0. The number of amides is 1. The molecule has 1 aromatic rings. The fraction of sp³-hybridized carbons (Fsp3) is 0.462. The van der Waals surface area contributed by atoms with E-state index in [9.17, 15) is 9.90 Å². The number of hydrogen-bond acceptors (Lipinski definition) is 4. The normalized spacial score (nSPS) is 22.0. The van der Waals surface area contributed by atoms with Crippen molar-refractivity contribution in [1.82, 2.24) is 0 Å². The molecule has 3 rings (SSSR count). The molecule has 18 heavy (non-hydrogen) atoms. The second-order valence-corrected chi connectivity index (χ2v) is 5.03. The van der Waals surface area contributed by atoms with Gasteiger partial charge in [0.2, 0.25) is 5.91 Å². The molecule has 0 saturated carbocycles. The largest absolute Gasteiger partial charge is 0.395 e. The van der Waals surface area contributed by atoms with Crippen LogP contribution in [0.4, 0.5) is 5.69 Å². The molecule has 4 N–H and O–H groups in total. The number of benzene rings is 1. The Kier molecular flexibility index (Phi) is 2.62. The fourth-order valence-electron chi connectivity index (χ4n) is 2.63. The van der Waals surface area contributed by atoms with Gasteiger partial charge in [-0.2, -0.15) is 0 Å². The number of ether oxygens (including phenoxy) is 1. The van der Waals surface area contributed by atoms with E-state index >= 15 is 0 Å². The van der Waals surface area contributed by atoms with Crippen molar-refractivity contribution in [3.8, 4) is 0 Å². The molecule has 2 aliphatic rings. The second-order valence-electron chi connectivity index (χ2n) is 5.03. The molecule has 1 aromatic carbocycles. The van der Waals surface area contributed by atoms with E-state index in [0.29, 0.717) is 19.6 Å². The molecule has 0 spiro atoms. The van der Waals surface area contributed by atoms with Gasteiger partial charge in [0.1, 0.15) is 0 Å². The van der Waals surface area contributed by atoms with Gasteiger partial charge in [-0.05, 0) is 17.2 Å². The number of nitrogens with two attached hydrogens (primary N) is 1. The minimum Gasteiger partial charge on any atom is -0.395 e. The molecule has 1 saturated heterocycles. The van der Waals surface area contributed by atoms with Crippen LogP contribution >= 0.6 is 0 Å². The molecule has 0 aromatic heterocycles. The first-order chi connectivity index (χ1) is 8.65. The maximum Gasteiger partial charge on any atom is 0.228 e. The van der Waals surface area contributed by atoms with Crippen molar-refractivity contribution in [3.63, 3.8) is 0 Å². The van der Waals surface area contributed by atoms with E-state index in [1.165, 1.54) is 0 Å². The highest BCUT2D eigenvalue weighted by Gasteiger charge is 2.45. The van der Waals surface area contributed by atoms with Crippen LogP contribution in [0.15, 0.2) is 18.2 Å². The zero-order valence-electron chi connectivity index (χ0n) is 9.98. The van der Waals surface area contributed by atoms with Crippen molar-refractivity contribution in [3.05, 3.63) is 29.3 Å². The zero-order valence-corrected chi connectivity index (χ0v) is 9.98. The van der Waals surface area contributed by atoms with Crippen LogP contribution in [0.5, 0.6) is 0 Å². The summed E-state index contributed by atoms with van der Waals surface area (Å²) in [5.74, 6) is 0.0208. The number of fused-ring (bicyclic) bond motifs is 1. The molecule has 1 atom stereocenters. The summed E-state index contributed by atoms with van der Waals surface area (Å²) in [6, 6.07) is 5.53. The van der Waals surface area contributed by atoms with Gasteiger partial charge in [-0.3, -0.25) is 4.79 Å². The number of nitrogens with one attached hydrogen (secondary N) is 1. The lowest BCUT2D eigenvalue weighted by Gasteiger charge is -2.45. The Morgan fingerprint density at radius 1 is 1.50 bits per heavy atom. The summed E-state index contributed by atoms with van der Waals surface area (Å²) in [6.45, 7) is 0.974. The third-order valence-corrected chi connectivity index (χ3v) is 3.93. The van der Waals surface area contributed by atoms with Crippen molar-refractivity contribution in [1.29, 1.82) is 0 Å². The van der Waals surface area contributed by atoms with E-state index in [-0.39, 0.29) is 24.0 Å². The standard InChI is InChI=1S/C13H16N2O3/c14-11(5-16)13(6-18-7-13)9-1-2-10-8(3-9)4-12(17)15-10/h1-3,11,16H,4-7,14H2,(H,15,17). The summed E-state index contributed by atoms with van der Waals surface area (Å²) in [4.78, 5) is 11.3. The molecule has 1 amide bonds. The first kappa shape index (κ1) is 11.6. The van der Waals surface area contributed by atoms with Crippen molar-refractivity contribution < 1.29 is 14.6 Å². The maximum atomic E-state index is 11.3. The molecule has 0 aliphatic carbocycles. The first-order valence-electron chi connectivity index (χ1n) is 6.03. The molecule has 1 fully saturated rings. The molecule has 5 heteroatoms. The minimum absolute atomic E-state index is 0.0208. The van der Waals surface area contributed by atoms with E-state index in [1.807, 2.05) is 18.2 Å². The highest BCUT2D eigenvalue weighted by Crippen LogP contribution is 2.37. The number of carbonyl (C=O) groups excluding carboxylic acids is 1. The lowest BCUT2D eigenvalue weighted by Crippen LogP contribution is -2.60. The monoisotopic (exact) mass is 248 g/mol. The third-order valence-electron chi connectivity index (χ3n) is 3.93. The van der Waals surface area contributed by atoms with Gasteiger partial charge < -0.3 is 20.9 Å². The van der Waals surface area contributed by atoms with E-state index in [1.54, 1.807) is 0 Å². The van der Waals surface area contributed by atoms with Gasteiger partial charge >= 0.3 is 0 Å². The highest BCUT2D eigenvalue weighted by molar-refractivity contribution is 5.99. The van der Waals surface area contributed by atoms with Gasteiger partial charge in [-0.25, -0.2) is 0 Å². The van der Waals surface area contributed by atoms with E-state index in [2.05, 4.69) is 5.32 Å². The Morgan fingerprint density at radius 3 is 2.89 bits per heavy atom. The number of rotatable bonds is 3. The van der Waals surface area contributed by atoms with Crippen molar-refractivity contribution in [2.45, 2.75) is 17.9 Å². The van der Waals surface area contributed by atoms with Crippen LogP contribution < -0.4 is 11.1 Å². The summed E-state index contributed by atoms with van der Waals surface area (Å²) in [5, 5.41) is 12.1. The molecule has 0 radical (unpaired) electrons. The Balaban J connectivity index is 1.97. The third kappa shape index (κ3) is 1.55. The lowest BCUT2D eigenvalue weighted by atomic mass is 9.72. The van der Waals surface area contributed by atoms with E-state index in [0.717, 1.165) is 16.8 Å². The van der Waals surface area contributed by atoms with Gasteiger partial charge in [0, 0.05) is 11.7 Å². The molecule has 2 aliphatic heterocycles. The van der Waals surface area contributed by atoms with Crippen LogP contribution in [-0.2, 0) is 21.4 Å². The zero-order chi connectivity index (χ0) is 12.8. The van der Waals surface area contributed by atoms with Crippen LogP contribution in [0.25, 0.3) is 0 Å². The number of carbonyl (C=O) groups is 1. The lowest BCUT2D eigenvalue weighted by molar-refractivity contribution is -0.115. The van der Waals surface area contributed by atoms with Crippen molar-refractivity contribution >= 4 is 11.6 Å². The Bertz CT molecular complexity index is 497. The van der Waals surface area contributed by atoms with Crippen LogP contribution in [0.3, 0.4) is 0 Å². The molecule has 2 heterocycles. The van der Waals surface area contributed by atoms with E-state index in [4.69, 9.17) is 10.5 Å². The van der Waals surface area contributed by atoms with Gasteiger partial charge in [0.15, 0.2) is 0 Å². The average molecular weight is 248 g/mol. The summed E-state index contributed by atoms with van der Waals surface area (Å²) < 4.78 is 5.28. The topological polar surface area (TPSA) is 84.6 Å². The minimum atomic E-state index is -0.339. The van der Waals surface area contributed by atoms with Crippen LogP contribution in [0.2, 0.25) is 0 Å².